The normalized spacial score (nSPS) is 15.5. The molecular formula is C16H17FN6S. The van der Waals surface area contributed by atoms with Crippen molar-refractivity contribution in [1.29, 1.82) is 0 Å². The van der Waals surface area contributed by atoms with Crippen LogP contribution >= 0.6 is 11.3 Å². The van der Waals surface area contributed by atoms with Gasteiger partial charge in [0.2, 0.25) is 0 Å². The van der Waals surface area contributed by atoms with E-state index in [1.165, 1.54) is 43.1 Å². The Labute approximate surface area is 142 Å². The third kappa shape index (κ3) is 3.14. The van der Waals surface area contributed by atoms with E-state index in [2.05, 4.69) is 30.6 Å². The first-order valence-electron chi connectivity index (χ1n) is 8.04. The van der Waals surface area contributed by atoms with Gasteiger partial charge in [0, 0.05) is 12.2 Å². The van der Waals surface area contributed by atoms with Gasteiger partial charge >= 0.3 is 0 Å². The Hall–Kier alpha value is -2.35. The summed E-state index contributed by atoms with van der Waals surface area (Å²) in [7, 11) is 0. The maximum atomic E-state index is 14.1. The lowest BCUT2D eigenvalue weighted by atomic mass is 9.96. The summed E-state index contributed by atoms with van der Waals surface area (Å²) in [4.78, 5) is 16.6. The molecule has 0 saturated heterocycles. The van der Waals surface area contributed by atoms with Crippen molar-refractivity contribution < 1.29 is 4.39 Å². The average molecular weight is 344 g/mol. The number of aromatic nitrogens is 4. The molecule has 0 radical (unpaired) electrons. The van der Waals surface area contributed by atoms with Crippen molar-refractivity contribution in [3.8, 4) is 0 Å². The molecule has 3 heterocycles. The Morgan fingerprint density at radius 1 is 1.17 bits per heavy atom. The standard InChI is InChI=1S/C16H17FN6S/c17-11-8-19-15(22-12-6-7-18-9-20-12)14-13(11)23-16(24-14)21-10-4-2-1-3-5-10/h6-10H,1-5H2,(H,21,23)(H,18,19,20,22). The Balaban J connectivity index is 1.64. The number of anilines is 3. The van der Waals surface area contributed by atoms with Crippen molar-refractivity contribution in [3.05, 3.63) is 30.6 Å². The molecule has 124 valence electrons. The molecule has 0 bridgehead atoms. The van der Waals surface area contributed by atoms with Crippen LogP contribution in [-0.4, -0.2) is 26.0 Å². The van der Waals surface area contributed by atoms with Crippen LogP contribution in [0.2, 0.25) is 0 Å². The molecule has 0 unspecified atom stereocenters. The Bertz CT molecular complexity index is 831. The first-order chi connectivity index (χ1) is 11.8. The van der Waals surface area contributed by atoms with Crippen molar-refractivity contribution in [2.24, 2.45) is 0 Å². The lowest BCUT2D eigenvalue weighted by Gasteiger charge is -2.22. The summed E-state index contributed by atoms with van der Waals surface area (Å²) < 4.78 is 14.8. The van der Waals surface area contributed by atoms with E-state index >= 15 is 0 Å². The summed E-state index contributed by atoms with van der Waals surface area (Å²) in [5.74, 6) is 0.756. The third-order valence-corrected chi connectivity index (χ3v) is 5.13. The van der Waals surface area contributed by atoms with Gasteiger partial charge in [-0.15, -0.1) is 0 Å². The van der Waals surface area contributed by atoms with E-state index in [4.69, 9.17) is 0 Å². The Morgan fingerprint density at radius 2 is 2.04 bits per heavy atom. The summed E-state index contributed by atoms with van der Waals surface area (Å²) >= 11 is 1.42. The number of nitrogens with one attached hydrogen (secondary N) is 2. The molecule has 6 nitrogen and oxygen atoms in total. The topological polar surface area (TPSA) is 75.6 Å². The maximum Gasteiger partial charge on any atom is 0.184 e. The van der Waals surface area contributed by atoms with E-state index in [0.29, 0.717) is 27.9 Å². The first-order valence-corrected chi connectivity index (χ1v) is 8.86. The number of thiazole rings is 1. The summed E-state index contributed by atoms with van der Waals surface area (Å²) in [6, 6.07) is 2.16. The zero-order valence-electron chi connectivity index (χ0n) is 13.0. The molecule has 1 saturated carbocycles. The highest BCUT2D eigenvalue weighted by molar-refractivity contribution is 7.22. The molecule has 2 N–H and O–H groups in total. The molecule has 8 heteroatoms. The number of rotatable bonds is 4. The highest BCUT2D eigenvalue weighted by atomic mass is 32.1. The van der Waals surface area contributed by atoms with Crippen LogP contribution in [0, 0.1) is 5.82 Å². The van der Waals surface area contributed by atoms with Gasteiger partial charge in [-0.2, -0.15) is 0 Å². The molecule has 1 fully saturated rings. The van der Waals surface area contributed by atoms with Crippen LogP contribution in [0.3, 0.4) is 0 Å². The molecule has 0 atom stereocenters. The highest BCUT2D eigenvalue weighted by Crippen LogP contribution is 2.34. The van der Waals surface area contributed by atoms with Crippen LogP contribution in [0.15, 0.2) is 24.8 Å². The van der Waals surface area contributed by atoms with Gasteiger partial charge in [0.25, 0.3) is 0 Å². The molecule has 1 aliphatic rings. The van der Waals surface area contributed by atoms with E-state index < -0.39 is 5.82 Å². The van der Waals surface area contributed by atoms with E-state index in [1.807, 2.05) is 0 Å². The molecule has 0 aromatic carbocycles. The van der Waals surface area contributed by atoms with Crippen molar-refractivity contribution in [2.45, 2.75) is 38.1 Å². The lowest BCUT2D eigenvalue weighted by Crippen LogP contribution is -2.21. The monoisotopic (exact) mass is 344 g/mol. The van der Waals surface area contributed by atoms with Crippen LogP contribution in [0.1, 0.15) is 32.1 Å². The largest absolute Gasteiger partial charge is 0.359 e. The zero-order valence-corrected chi connectivity index (χ0v) is 13.8. The molecule has 24 heavy (non-hydrogen) atoms. The third-order valence-electron chi connectivity index (χ3n) is 4.14. The molecule has 0 spiro atoms. The number of pyridine rings is 1. The molecule has 4 rings (SSSR count). The van der Waals surface area contributed by atoms with Gasteiger partial charge in [-0.1, -0.05) is 30.6 Å². The van der Waals surface area contributed by atoms with Gasteiger partial charge in [-0.05, 0) is 18.9 Å². The van der Waals surface area contributed by atoms with Crippen molar-refractivity contribution in [3.63, 3.8) is 0 Å². The summed E-state index contributed by atoms with van der Waals surface area (Å²) in [5.41, 5.74) is 0.338. The number of hydrogen-bond donors (Lipinski definition) is 2. The van der Waals surface area contributed by atoms with Crippen LogP contribution in [0.25, 0.3) is 10.2 Å². The second kappa shape index (κ2) is 6.64. The van der Waals surface area contributed by atoms with Crippen LogP contribution in [0.4, 0.5) is 21.2 Å². The van der Waals surface area contributed by atoms with E-state index in [-0.39, 0.29) is 0 Å². The summed E-state index contributed by atoms with van der Waals surface area (Å²) in [6.07, 6.45) is 10.3. The van der Waals surface area contributed by atoms with Gasteiger partial charge in [-0.25, -0.2) is 24.3 Å². The minimum atomic E-state index is -0.411. The summed E-state index contributed by atoms with van der Waals surface area (Å²) in [6.45, 7) is 0. The first kappa shape index (κ1) is 15.2. The number of fused-ring (bicyclic) bond motifs is 1. The van der Waals surface area contributed by atoms with Crippen LogP contribution in [-0.2, 0) is 0 Å². The lowest BCUT2D eigenvalue weighted by molar-refractivity contribution is 0.462. The second-order valence-electron chi connectivity index (χ2n) is 5.85. The van der Waals surface area contributed by atoms with Crippen molar-refractivity contribution in [1.82, 2.24) is 19.9 Å². The maximum absolute atomic E-state index is 14.1. The Morgan fingerprint density at radius 3 is 2.83 bits per heavy atom. The minimum absolute atomic E-state index is 0.338. The van der Waals surface area contributed by atoms with Gasteiger partial charge in [0.1, 0.15) is 22.4 Å². The molecule has 0 amide bonds. The van der Waals surface area contributed by atoms with Crippen molar-refractivity contribution >= 4 is 38.3 Å². The van der Waals surface area contributed by atoms with E-state index in [9.17, 15) is 4.39 Å². The molecule has 3 aromatic rings. The van der Waals surface area contributed by atoms with Gasteiger partial charge in [0.05, 0.1) is 6.20 Å². The van der Waals surface area contributed by atoms with Gasteiger partial charge in [0.15, 0.2) is 16.8 Å². The van der Waals surface area contributed by atoms with E-state index in [0.717, 1.165) is 18.0 Å². The van der Waals surface area contributed by atoms with Crippen LogP contribution in [0.5, 0.6) is 0 Å². The molecular weight excluding hydrogens is 327 g/mol. The molecule has 1 aliphatic carbocycles. The highest BCUT2D eigenvalue weighted by Gasteiger charge is 2.18. The van der Waals surface area contributed by atoms with Gasteiger partial charge in [-0.3, -0.25) is 0 Å². The zero-order chi connectivity index (χ0) is 16.4. The predicted octanol–water partition coefficient (Wildman–Crippen LogP) is 4.11. The van der Waals surface area contributed by atoms with E-state index in [1.54, 1.807) is 12.3 Å². The average Bonchev–Trinajstić information content (AvgIpc) is 3.04. The summed E-state index contributed by atoms with van der Waals surface area (Å²) in [5, 5.41) is 7.30. The SMILES string of the molecule is Fc1cnc(Nc2ccncn2)c2sc(NC3CCCCC3)nc12. The smallest absolute Gasteiger partial charge is 0.184 e. The van der Waals surface area contributed by atoms with Gasteiger partial charge < -0.3 is 10.6 Å². The predicted molar refractivity (Wildman–Crippen MR) is 93.2 cm³/mol. The number of halogens is 1. The fourth-order valence-electron chi connectivity index (χ4n) is 2.94. The quantitative estimate of drug-likeness (QED) is 0.742. The second-order valence-corrected chi connectivity index (χ2v) is 6.85. The number of hydrogen-bond acceptors (Lipinski definition) is 7. The van der Waals surface area contributed by atoms with Crippen LogP contribution < -0.4 is 10.6 Å². The fraction of sp³-hybridized carbons (Fsp3) is 0.375. The number of nitrogens with zero attached hydrogens (tertiary/aromatic N) is 4. The Kier molecular flexibility index (Phi) is 4.20. The van der Waals surface area contributed by atoms with Crippen molar-refractivity contribution in [2.75, 3.05) is 10.6 Å². The molecule has 3 aromatic heterocycles. The molecule has 0 aliphatic heterocycles. The fourth-order valence-corrected chi connectivity index (χ4v) is 3.94. The minimum Gasteiger partial charge on any atom is -0.359 e.